The van der Waals surface area contributed by atoms with Crippen molar-refractivity contribution in [3.63, 3.8) is 0 Å². The lowest BCUT2D eigenvalue weighted by Gasteiger charge is -2.11. The summed E-state index contributed by atoms with van der Waals surface area (Å²) in [5, 5.41) is 18.9. The van der Waals surface area contributed by atoms with E-state index in [0.29, 0.717) is 16.1 Å². The van der Waals surface area contributed by atoms with Crippen LogP contribution in [0.3, 0.4) is 0 Å². The van der Waals surface area contributed by atoms with Crippen LogP contribution in [0, 0.1) is 5.82 Å². The van der Waals surface area contributed by atoms with Gasteiger partial charge in [-0.15, -0.1) is 0 Å². The largest absolute Gasteiger partial charge is 0.396 e. The highest BCUT2D eigenvalue weighted by atomic mass is 35.5. The monoisotopic (exact) mass is 314 g/mol. The minimum Gasteiger partial charge on any atom is -0.396 e. The van der Waals surface area contributed by atoms with E-state index in [4.69, 9.17) is 28.3 Å². The minimum absolute atomic E-state index is 0.0197. The second-order valence-electron chi connectivity index (χ2n) is 4.40. The Labute approximate surface area is 126 Å². The molecule has 2 N–H and O–H groups in total. The van der Waals surface area contributed by atoms with Gasteiger partial charge in [-0.3, -0.25) is 0 Å². The van der Waals surface area contributed by atoms with Crippen molar-refractivity contribution in [2.45, 2.75) is 12.5 Å². The van der Waals surface area contributed by atoms with E-state index >= 15 is 0 Å². The van der Waals surface area contributed by atoms with Crippen LogP contribution in [0.2, 0.25) is 10.0 Å². The van der Waals surface area contributed by atoms with E-state index in [9.17, 15) is 9.50 Å². The summed E-state index contributed by atoms with van der Waals surface area (Å²) in [5.41, 5.74) is 1.95. The molecule has 0 amide bonds. The van der Waals surface area contributed by atoms with Crippen molar-refractivity contribution in [1.29, 1.82) is 0 Å². The second kappa shape index (κ2) is 6.55. The number of rotatable bonds is 4. The summed E-state index contributed by atoms with van der Waals surface area (Å²) < 4.78 is 13.5. The van der Waals surface area contributed by atoms with Crippen LogP contribution < -0.4 is 0 Å². The number of aliphatic hydroxyl groups is 2. The lowest BCUT2D eigenvalue weighted by Crippen LogP contribution is -1.99. The summed E-state index contributed by atoms with van der Waals surface area (Å²) >= 11 is 11.7. The SMILES string of the molecule is OCCC(O)c1ccc(-c2cc(F)c(Cl)cc2Cl)cc1. The van der Waals surface area contributed by atoms with Crippen LogP contribution in [0.25, 0.3) is 11.1 Å². The number of benzene rings is 2. The smallest absolute Gasteiger partial charge is 0.142 e. The molecule has 2 nitrogen and oxygen atoms in total. The first-order valence-electron chi connectivity index (χ1n) is 6.06. The van der Waals surface area contributed by atoms with Crippen LogP contribution in [-0.4, -0.2) is 16.8 Å². The first kappa shape index (κ1) is 15.3. The molecule has 106 valence electrons. The van der Waals surface area contributed by atoms with Crippen molar-refractivity contribution in [2.75, 3.05) is 6.61 Å². The third kappa shape index (κ3) is 3.30. The zero-order chi connectivity index (χ0) is 14.7. The summed E-state index contributed by atoms with van der Waals surface area (Å²) in [7, 11) is 0. The number of hydrogen-bond donors (Lipinski definition) is 2. The molecule has 5 heteroatoms. The molecule has 0 heterocycles. The fraction of sp³-hybridized carbons (Fsp3) is 0.200. The summed E-state index contributed by atoms with van der Waals surface area (Å²) in [6.07, 6.45) is -0.443. The third-order valence-corrected chi connectivity index (χ3v) is 3.62. The molecular weight excluding hydrogens is 302 g/mol. The first-order valence-corrected chi connectivity index (χ1v) is 6.82. The molecule has 2 aromatic carbocycles. The fourth-order valence-electron chi connectivity index (χ4n) is 1.92. The van der Waals surface area contributed by atoms with Crippen LogP contribution in [0.15, 0.2) is 36.4 Å². The van der Waals surface area contributed by atoms with Gasteiger partial charge in [0.25, 0.3) is 0 Å². The summed E-state index contributed by atoms with van der Waals surface area (Å²) in [6, 6.07) is 9.57. The molecule has 0 saturated carbocycles. The van der Waals surface area contributed by atoms with Crippen molar-refractivity contribution >= 4 is 23.2 Å². The maximum atomic E-state index is 13.5. The molecule has 0 spiro atoms. The van der Waals surface area contributed by atoms with E-state index in [1.165, 1.54) is 12.1 Å². The van der Waals surface area contributed by atoms with E-state index in [2.05, 4.69) is 0 Å². The van der Waals surface area contributed by atoms with Crippen LogP contribution in [0.1, 0.15) is 18.1 Å². The molecule has 20 heavy (non-hydrogen) atoms. The molecule has 1 atom stereocenters. The van der Waals surface area contributed by atoms with Crippen LogP contribution >= 0.6 is 23.2 Å². The molecular formula is C15H13Cl2FO2. The van der Waals surface area contributed by atoms with Crippen molar-refractivity contribution < 1.29 is 14.6 Å². The van der Waals surface area contributed by atoms with E-state index in [1.807, 2.05) is 0 Å². The fourth-order valence-corrected chi connectivity index (χ4v) is 2.41. The average molecular weight is 315 g/mol. The summed E-state index contributed by atoms with van der Waals surface area (Å²) in [6.45, 7) is -0.0862. The van der Waals surface area contributed by atoms with Crippen molar-refractivity contribution in [2.24, 2.45) is 0 Å². The average Bonchev–Trinajstić information content (AvgIpc) is 2.43. The van der Waals surface area contributed by atoms with Crippen LogP contribution in [0.5, 0.6) is 0 Å². The highest BCUT2D eigenvalue weighted by Gasteiger charge is 2.11. The second-order valence-corrected chi connectivity index (χ2v) is 5.21. The molecule has 0 saturated heterocycles. The van der Waals surface area contributed by atoms with E-state index in [0.717, 1.165) is 5.56 Å². The standard InChI is InChI=1S/C15H13Cl2FO2/c16-12-8-13(17)14(18)7-11(12)9-1-3-10(4-2-9)15(20)5-6-19/h1-4,7-8,15,19-20H,5-6H2. The quantitative estimate of drug-likeness (QED) is 0.830. The normalized spacial score (nSPS) is 12.4. The number of aliphatic hydroxyl groups excluding tert-OH is 2. The van der Waals surface area contributed by atoms with Gasteiger partial charge in [-0.2, -0.15) is 0 Å². The molecule has 0 aliphatic carbocycles. The Morgan fingerprint density at radius 3 is 2.30 bits per heavy atom. The minimum atomic E-state index is -0.716. The predicted octanol–water partition coefficient (Wildman–Crippen LogP) is 4.22. The highest BCUT2D eigenvalue weighted by molar-refractivity contribution is 6.36. The first-order chi connectivity index (χ1) is 9.52. The van der Waals surface area contributed by atoms with Gasteiger partial charge in [0.15, 0.2) is 0 Å². The van der Waals surface area contributed by atoms with E-state index in [-0.39, 0.29) is 18.1 Å². The van der Waals surface area contributed by atoms with Crippen LogP contribution in [-0.2, 0) is 0 Å². The Hall–Kier alpha value is -1.13. The Balaban J connectivity index is 2.33. The number of halogens is 3. The van der Waals surface area contributed by atoms with Gasteiger partial charge in [0, 0.05) is 18.6 Å². The lowest BCUT2D eigenvalue weighted by molar-refractivity contribution is 0.134. The molecule has 2 rings (SSSR count). The zero-order valence-corrected chi connectivity index (χ0v) is 12.0. The Bertz CT molecular complexity index is 600. The summed E-state index contributed by atoms with van der Waals surface area (Å²) in [5.74, 6) is -0.532. The molecule has 0 fully saturated rings. The molecule has 0 aliphatic heterocycles. The van der Waals surface area contributed by atoms with Crippen LogP contribution in [0.4, 0.5) is 4.39 Å². The molecule has 1 unspecified atom stereocenters. The molecule has 2 aromatic rings. The van der Waals surface area contributed by atoms with Gasteiger partial charge in [0.2, 0.25) is 0 Å². The highest BCUT2D eigenvalue weighted by Crippen LogP contribution is 2.33. The molecule has 0 aromatic heterocycles. The Morgan fingerprint density at radius 1 is 1.05 bits per heavy atom. The van der Waals surface area contributed by atoms with Gasteiger partial charge >= 0.3 is 0 Å². The molecule has 0 radical (unpaired) electrons. The maximum Gasteiger partial charge on any atom is 0.142 e. The van der Waals surface area contributed by atoms with Crippen molar-refractivity contribution in [1.82, 2.24) is 0 Å². The van der Waals surface area contributed by atoms with Crippen molar-refractivity contribution in [3.8, 4) is 11.1 Å². The molecule has 0 aliphatic rings. The molecule has 0 bridgehead atoms. The topological polar surface area (TPSA) is 40.5 Å². The third-order valence-electron chi connectivity index (χ3n) is 3.02. The van der Waals surface area contributed by atoms with Crippen molar-refractivity contribution in [3.05, 3.63) is 57.8 Å². The zero-order valence-electron chi connectivity index (χ0n) is 10.5. The Kier molecular flexibility index (Phi) is 5.00. The maximum absolute atomic E-state index is 13.5. The lowest BCUT2D eigenvalue weighted by atomic mass is 10.0. The van der Waals surface area contributed by atoms with Gasteiger partial charge in [-0.25, -0.2) is 4.39 Å². The summed E-state index contributed by atoms with van der Waals surface area (Å²) in [4.78, 5) is 0. The van der Waals surface area contributed by atoms with Gasteiger partial charge in [0.1, 0.15) is 5.82 Å². The van der Waals surface area contributed by atoms with Gasteiger partial charge in [-0.05, 0) is 23.3 Å². The predicted molar refractivity (Wildman–Crippen MR) is 78.5 cm³/mol. The van der Waals surface area contributed by atoms with E-state index < -0.39 is 11.9 Å². The van der Waals surface area contributed by atoms with E-state index in [1.54, 1.807) is 24.3 Å². The van der Waals surface area contributed by atoms with Gasteiger partial charge in [-0.1, -0.05) is 47.5 Å². The number of hydrogen-bond acceptors (Lipinski definition) is 2. The van der Waals surface area contributed by atoms with Gasteiger partial charge < -0.3 is 10.2 Å². The van der Waals surface area contributed by atoms with Gasteiger partial charge in [0.05, 0.1) is 16.1 Å². The Morgan fingerprint density at radius 2 is 1.70 bits per heavy atom.